The fourth-order valence-electron chi connectivity index (χ4n) is 9.00. The van der Waals surface area contributed by atoms with Gasteiger partial charge in [-0.2, -0.15) is 0 Å². The van der Waals surface area contributed by atoms with Crippen LogP contribution in [-0.4, -0.2) is 53.9 Å². The van der Waals surface area contributed by atoms with Crippen LogP contribution in [0.25, 0.3) is 0 Å². The number of likely N-dealkylation sites (tertiary alicyclic amines) is 1. The van der Waals surface area contributed by atoms with Gasteiger partial charge in [-0.15, -0.1) is 0 Å². The molecule has 0 unspecified atom stereocenters. The van der Waals surface area contributed by atoms with Crippen molar-refractivity contribution in [1.29, 1.82) is 0 Å². The number of carbonyl (C=O) groups excluding carboxylic acids is 1. The molecule has 3 saturated heterocycles. The van der Waals surface area contributed by atoms with Crippen molar-refractivity contribution in [1.82, 2.24) is 4.90 Å². The first-order chi connectivity index (χ1) is 18.4. The van der Waals surface area contributed by atoms with Gasteiger partial charge in [-0.25, -0.2) is 0 Å². The molecule has 2 aromatic rings. The number of hydrogen-bond acceptors (Lipinski definition) is 5. The van der Waals surface area contributed by atoms with Gasteiger partial charge >= 0.3 is 5.97 Å². The summed E-state index contributed by atoms with van der Waals surface area (Å²) >= 11 is 0. The fourth-order valence-corrected chi connectivity index (χ4v) is 9.00. The number of piperidine rings is 1. The van der Waals surface area contributed by atoms with E-state index >= 15 is 0 Å². The van der Waals surface area contributed by atoms with E-state index in [4.69, 9.17) is 9.47 Å². The highest BCUT2D eigenvalue weighted by molar-refractivity contribution is 5.75. The lowest BCUT2D eigenvalue weighted by molar-refractivity contribution is -0.147. The number of carbonyl (C=O) groups is 1. The number of ether oxygens (including phenoxy) is 2. The minimum Gasteiger partial charge on any atom is -0.462 e. The molecule has 5 aliphatic rings. The third-order valence-corrected chi connectivity index (χ3v) is 11.1. The van der Waals surface area contributed by atoms with Crippen LogP contribution in [0.4, 0.5) is 0 Å². The van der Waals surface area contributed by atoms with Crippen LogP contribution in [0.1, 0.15) is 63.0 Å². The van der Waals surface area contributed by atoms with Gasteiger partial charge in [0.05, 0.1) is 18.1 Å². The third kappa shape index (κ3) is 3.96. The van der Waals surface area contributed by atoms with Crippen molar-refractivity contribution in [3.63, 3.8) is 0 Å². The number of fused-ring (bicyclic) bond motifs is 3. The summed E-state index contributed by atoms with van der Waals surface area (Å²) in [5.74, 6) is 0.958. The fraction of sp³-hybridized carbons (Fsp3) is 0.606. The van der Waals surface area contributed by atoms with E-state index in [9.17, 15) is 9.90 Å². The van der Waals surface area contributed by atoms with Gasteiger partial charge in [-0.1, -0.05) is 67.6 Å². The molecule has 5 heteroatoms. The number of benzene rings is 2. The van der Waals surface area contributed by atoms with Crippen molar-refractivity contribution in [2.24, 2.45) is 29.1 Å². The minimum absolute atomic E-state index is 0.0141. The van der Waals surface area contributed by atoms with Crippen LogP contribution in [0.2, 0.25) is 0 Å². The summed E-state index contributed by atoms with van der Waals surface area (Å²) in [6, 6.07) is 20.3. The zero-order valence-corrected chi connectivity index (χ0v) is 22.6. The largest absolute Gasteiger partial charge is 0.462 e. The molecule has 2 saturated carbocycles. The lowest BCUT2D eigenvalue weighted by Gasteiger charge is -2.51. The lowest BCUT2D eigenvalue weighted by atomic mass is 9.53. The summed E-state index contributed by atoms with van der Waals surface area (Å²) in [6.45, 7) is 5.88. The molecule has 202 valence electrons. The van der Waals surface area contributed by atoms with Crippen molar-refractivity contribution in [2.45, 2.75) is 69.2 Å². The van der Waals surface area contributed by atoms with E-state index in [1.807, 2.05) is 60.7 Å². The monoisotopic (exact) mass is 515 g/mol. The molecule has 2 aromatic carbocycles. The molecule has 0 amide bonds. The van der Waals surface area contributed by atoms with Crippen LogP contribution in [0.5, 0.6) is 0 Å². The lowest BCUT2D eigenvalue weighted by Crippen LogP contribution is -2.51. The Morgan fingerprint density at radius 2 is 1.63 bits per heavy atom. The van der Waals surface area contributed by atoms with Gasteiger partial charge in [0.2, 0.25) is 0 Å². The average molecular weight is 516 g/mol. The molecule has 2 aliphatic carbocycles. The van der Waals surface area contributed by atoms with Gasteiger partial charge in [0.1, 0.15) is 11.7 Å². The van der Waals surface area contributed by atoms with Crippen LogP contribution >= 0.6 is 0 Å². The molecule has 1 spiro atoms. The molecule has 0 bridgehead atoms. The smallest absolute Gasteiger partial charge is 0.310 e. The van der Waals surface area contributed by atoms with Crippen molar-refractivity contribution in [3.05, 3.63) is 71.8 Å². The molecule has 3 heterocycles. The number of nitrogens with zero attached hydrogens (tertiary/aromatic N) is 1. The molecule has 7 rings (SSSR count). The Kier molecular flexibility index (Phi) is 5.99. The highest BCUT2D eigenvalue weighted by Gasteiger charge is 2.65. The first-order valence-corrected chi connectivity index (χ1v) is 14.8. The van der Waals surface area contributed by atoms with E-state index in [2.05, 4.69) is 11.8 Å². The molecule has 5 nitrogen and oxygen atoms in total. The van der Waals surface area contributed by atoms with E-state index in [1.165, 1.54) is 19.3 Å². The Bertz CT molecular complexity index is 1120. The number of epoxide rings is 1. The Labute approximate surface area is 226 Å². The Hall–Kier alpha value is -2.21. The van der Waals surface area contributed by atoms with Crippen molar-refractivity contribution < 1.29 is 19.4 Å². The van der Waals surface area contributed by atoms with Gasteiger partial charge < -0.3 is 19.5 Å². The van der Waals surface area contributed by atoms with Crippen molar-refractivity contribution in [2.75, 3.05) is 26.2 Å². The quantitative estimate of drug-likeness (QED) is 0.440. The molecular formula is C33H41NO4. The highest BCUT2D eigenvalue weighted by Crippen LogP contribution is 2.63. The number of aliphatic hydroxyl groups is 1. The van der Waals surface area contributed by atoms with E-state index in [1.54, 1.807) is 0 Å². The second-order valence-corrected chi connectivity index (χ2v) is 13.2. The Morgan fingerprint density at radius 3 is 2.24 bits per heavy atom. The second-order valence-electron chi connectivity index (χ2n) is 13.2. The van der Waals surface area contributed by atoms with Crippen LogP contribution in [0.3, 0.4) is 0 Å². The van der Waals surface area contributed by atoms with Crippen LogP contribution in [-0.2, 0) is 19.9 Å². The van der Waals surface area contributed by atoms with E-state index in [0.29, 0.717) is 11.8 Å². The first kappa shape index (κ1) is 24.8. The zero-order valence-electron chi connectivity index (χ0n) is 22.6. The summed E-state index contributed by atoms with van der Waals surface area (Å²) in [4.78, 5) is 15.6. The molecule has 5 fully saturated rings. The topological polar surface area (TPSA) is 62.3 Å². The number of esters is 1. The molecule has 3 aliphatic heterocycles. The van der Waals surface area contributed by atoms with Gasteiger partial charge in [0.25, 0.3) is 0 Å². The van der Waals surface area contributed by atoms with Gasteiger partial charge in [0, 0.05) is 12.5 Å². The molecule has 0 radical (unpaired) electrons. The van der Waals surface area contributed by atoms with Crippen molar-refractivity contribution >= 4 is 5.97 Å². The summed E-state index contributed by atoms with van der Waals surface area (Å²) < 4.78 is 12.2. The van der Waals surface area contributed by atoms with Crippen LogP contribution < -0.4 is 0 Å². The van der Waals surface area contributed by atoms with Gasteiger partial charge in [0.15, 0.2) is 0 Å². The number of hydrogen-bond donors (Lipinski definition) is 1. The SMILES string of the molecule is C[C@]12CCC[C@@]3(CO3)[C@@H]1C[C@@H]1[C@@H](C2)OC(=O)[C@@H]1CN1CCC(C(O)(c2ccccc2)c2ccccc2)CC1. The predicted molar refractivity (Wildman–Crippen MR) is 145 cm³/mol. The minimum atomic E-state index is -1.01. The molecular weight excluding hydrogens is 474 g/mol. The maximum atomic E-state index is 13.2. The summed E-state index contributed by atoms with van der Waals surface area (Å²) in [6.07, 6.45) is 7.57. The summed E-state index contributed by atoms with van der Waals surface area (Å²) in [7, 11) is 0. The van der Waals surface area contributed by atoms with Crippen LogP contribution in [0.15, 0.2) is 60.7 Å². The maximum Gasteiger partial charge on any atom is 0.310 e. The standard InChI is InChI=1S/C33H41NO4/c1-31-15-8-16-32(22-37-32)29(31)19-26-27(30(35)38-28(26)20-31)21-34-17-13-25(14-18-34)33(36,23-9-4-2-5-10-23)24-11-6-3-7-12-24/h2-7,9-12,25-29,36H,8,13-22H2,1H3/t26-,27+,28+,29+,31+,32+/m0/s1. The average Bonchev–Trinajstić information content (AvgIpc) is 3.65. The zero-order chi connectivity index (χ0) is 26.0. The Morgan fingerprint density at radius 1 is 1.00 bits per heavy atom. The third-order valence-electron chi connectivity index (χ3n) is 11.1. The second kappa shape index (κ2) is 9.18. The van der Waals surface area contributed by atoms with Crippen LogP contribution in [0, 0.1) is 29.1 Å². The predicted octanol–water partition coefficient (Wildman–Crippen LogP) is 5.16. The molecule has 6 atom stereocenters. The molecule has 1 N–H and O–H groups in total. The summed E-state index contributed by atoms with van der Waals surface area (Å²) in [5.41, 5.74) is 1.23. The highest BCUT2D eigenvalue weighted by atomic mass is 16.6. The normalized spacial score (nSPS) is 37.5. The first-order valence-electron chi connectivity index (χ1n) is 14.8. The van der Waals surface area contributed by atoms with E-state index in [0.717, 1.165) is 63.1 Å². The number of rotatable bonds is 5. The Balaban J connectivity index is 1.05. The molecule has 38 heavy (non-hydrogen) atoms. The van der Waals surface area contributed by atoms with E-state index in [-0.39, 0.29) is 34.9 Å². The van der Waals surface area contributed by atoms with Crippen molar-refractivity contribution in [3.8, 4) is 0 Å². The maximum absolute atomic E-state index is 13.2. The summed E-state index contributed by atoms with van der Waals surface area (Å²) in [5, 5.41) is 12.2. The molecule has 0 aromatic heterocycles. The van der Waals surface area contributed by atoms with Gasteiger partial charge in [-0.3, -0.25) is 4.79 Å². The van der Waals surface area contributed by atoms with Gasteiger partial charge in [-0.05, 0) is 86.4 Å². The van der Waals surface area contributed by atoms with E-state index < -0.39 is 5.60 Å².